The van der Waals surface area contributed by atoms with Crippen molar-refractivity contribution < 1.29 is 19.6 Å². The molecule has 0 aliphatic rings. The van der Waals surface area contributed by atoms with Crippen LogP contribution in [0.4, 0.5) is 0 Å². The van der Waals surface area contributed by atoms with Crippen molar-refractivity contribution in [3.8, 4) is 0 Å². The van der Waals surface area contributed by atoms with E-state index >= 15 is 0 Å². The lowest BCUT2D eigenvalue weighted by molar-refractivity contribution is -0.148. The van der Waals surface area contributed by atoms with Crippen LogP contribution in [-0.2, 0) is 14.4 Å². The topological polar surface area (TPSA) is 138 Å². The fourth-order valence-electron chi connectivity index (χ4n) is 3.34. The molecule has 0 aromatic carbocycles. The van der Waals surface area contributed by atoms with Gasteiger partial charge in [-0.25, -0.2) is 5.48 Å². The van der Waals surface area contributed by atoms with E-state index in [1.165, 1.54) is 5.01 Å². The van der Waals surface area contributed by atoms with Crippen LogP contribution in [0.1, 0.15) is 53.0 Å². The molecule has 1 aromatic heterocycles. The molecule has 9 nitrogen and oxygen atoms in total. The summed E-state index contributed by atoms with van der Waals surface area (Å²) in [7, 11) is 0. The van der Waals surface area contributed by atoms with Crippen LogP contribution in [0, 0.1) is 23.7 Å². The molecular formula is C23H37N5O4. The first kappa shape index (κ1) is 27.3. The van der Waals surface area contributed by atoms with E-state index in [4.69, 9.17) is 5.73 Å². The number of carbonyl (C=O) groups excluding carboxylic acids is 3. The van der Waals surface area contributed by atoms with E-state index in [-0.39, 0.29) is 24.8 Å². The maximum absolute atomic E-state index is 13.3. The maximum Gasteiger partial charge on any atom is 0.257 e. The van der Waals surface area contributed by atoms with Crippen molar-refractivity contribution in [3.05, 3.63) is 36.2 Å². The van der Waals surface area contributed by atoms with Crippen molar-refractivity contribution in [2.75, 3.05) is 6.54 Å². The third kappa shape index (κ3) is 9.15. The summed E-state index contributed by atoms with van der Waals surface area (Å²) < 4.78 is 0. The first-order valence-electron chi connectivity index (χ1n) is 10.9. The minimum Gasteiger partial charge on any atom is -0.320 e. The Kier molecular flexibility index (Phi) is 11.6. The number of hydroxylamine groups is 1. The van der Waals surface area contributed by atoms with Crippen LogP contribution in [-0.4, -0.2) is 45.5 Å². The lowest BCUT2D eigenvalue weighted by Gasteiger charge is -2.31. The van der Waals surface area contributed by atoms with Crippen LogP contribution in [0.15, 0.2) is 30.6 Å². The van der Waals surface area contributed by atoms with Crippen molar-refractivity contribution in [3.63, 3.8) is 0 Å². The molecular weight excluding hydrogens is 410 g/mol. The third-order valence-electron chi connectivity index (χ3n) is 4.83. The van der Waals surface area contributed by atoms with E-state index < -0.39 is 35.6 Å². The van der Waals surface area contributed by atoms with E-state index in [0.717, 1.165) is 5.56 Å². The van der Waals surface area contributed by atoms with E-state index in [1.807, 2.05) is 33.8 Å². The molecule has 5 N–H and O–H groups in total. The fraction of sp³-hybridized carbons (Fsp3) is 0.565. The molecule has 0 aliphatic carbocycles. The zero-order chi connectivity index (χ0) is 24.3. The van der Waals surface area contributed by atoms with Crippen LogP contribution < -0.4 is 16.6 Å². The van der Waals surface area contributed by atoms with Gasteiger partial charge in [0.05, 0.1) is 17.9 Å². The number of nitrogens with zero attached hydrogens (tertiary/aromatic N) is 2. The molecule has 32 heavy (non-hydrogen) atoms. The van der Waals surface area contributed by atoms with Crippen LogP contribution in [0.3, 0.4) is 0 Å². The minimum atomic E-state index is -0.832. The zero-order valence-corrected chi connectivity index (χ0v) is 19.6. The second kappa shape index (κ2) is 13.6. The maximum atomic E-state index is 13.3. The Morgan fingerprint density at radius 1 is 1.12 bits per heavy atom. The lowest BCUT2D eigenvalue weighted by atomic mass is 9.82. The van der Waals surface area contributed by atoms with Gasteiger partial charge in [0.1, 0.15) is 0 Å². The molecule has 1 rings (SSSR count). The molecule has 1 heterocycles. The van der Waals surface area contributed by atoms with Gasteiger partial charge in [0, 0.05) is 18.9 Å². The largest absolute Gasteiger partial charge is 0.320 e. The summed E-state index contributed by atoms with van der Waals surface area (Å²) in [5.74, 6) is -2.93. The van der Waals surface area contributed by atoms with Gasteiger partial charge in [-0.15, -0.1) is 0 Å². The second-order valence-corrected chi connectivity index (χ2v) is 8.85. The van der Waals surface area contributed by atoms with E-state index in [2.05, 4.69) is 10.4 Å². The molecule has 0 saturated heterocycles. The third-order valence-corrected chi connectivity index (χ3v) is 4.83. The van der Waals surface area contributed by atoms with Gasteiger partial charge in [0.15, 0.2) is 0 Å². The molecule has 3 amide bonds. The Hall–Kier alpha value is -2.78. The van der Waals surface area contributed by atoms with Crippen LogP contribution in [0.25, 0.3) is 6.08 Å². The Labute approximate surface area is 190 Å². The van der Waals surface area contributed by atoms with Gasteiger partial charge in [-0.1, -0.05) is 45.9 Å². The van der Waals surface area contributed by atoms with Gasteiger partial charge in [0.25, 0.3) is 5.91 Å². The molecule has 1 aromatic rings. The van der Waals surface area contributed by atoms with Gasteiger partial charge in [-0.2, -0.15) is 0 Å². The normalized spacial score (nSPS) is 14.3. The lowest BCUT2D eigenvalue weighted by Crippen LogP contribution is -2.55. The highest BCUT2D eigenvalue weighted by Gasteiger charge is 2.35. The number of nitrogens with one attached hydrogen (secondary N) is 2. The first-order valence-corrected chi connectivity index (χ1v) is 10.9. The van der Waals surface area contributed by atoms with Crippen molar-refractivity contribution in [1.29, 1.82) is 0 Å². The van der Waals surface area contributed by atoms with Gasteiger partial charge in [-0.05, 0) is 43.2 Å². The minimum absolute atomic E-state index is 0.0977. The highest BCUT2D eigenvalue weighted by Crippen LogP contribution is 2.25. The summed E-state index contributed by atoms with van der Waals surface area (Å²) >= 11 is 0. The molecule has 9 heteroatoms. The smallest absolute Gasteiger partial charge is 0.257 e. The molecule has 0 aliphatic heterocycles. The molecule has 0 saturated carbocycles. The van der Waals surface area contributed by atoms with Crippen molar-refractivity contribution >= 4 is 23.8 Å². The molecule has 178 valence electrons. The fourth-order valence-corrected chi connectivity index (χ4v) is 3.34. The number of pyridine rings is 1. The second-order valence-electron chi connectivity index (χ2n) is 8.85. The number of rotatable bonds is 11. The Morgan fingerprint density at radius 3 is 2.31 bits per heavy atom. The summed E-state index contributed by atoms with van der Waals surface area (Å²) in [5, 5.41) is 10.5. The number of allylic oxidation sites excluding steroid dienone is 1. The summed E-state index contributed by atoms with van der Waals surface area (Å²) in [4.78, 5) is 42.3. The molecule has 0 bridgehead atoms. The number of hydrogen-bond donors (Lipinski definition) is 4. The van der Waals surface area contributed by atoms with Gasteiger partial charge >= 0.3 is 0 Å². The Morgan fingerprint density at radius 2 is 1.81 bits per heavy atom. The number of hydrogen-bond acceptors (Lipinski definition) is 6. The summed E-state index contributed by atoms with van der Waals surface area (Å²) in [6.45, 7) is 9.57. The number of hydrazine groups is 1. The van der Waals surface area contributed by atoms with Gasteiger partial charge in [0.2, 0.25) is 11.8 Å². The SMILES string of the molecule is CC(C)C[C@@H](C(=O)NN(CC(C)C)C(=O)[C@@H](C)N)[C@H](C/C=C/c1cccnc1)C(=O)NO. The number of aromatic nitrogens is 1. The van der Waals surface area contributed by atoms with E-state index in [0.29, 0.717) is 6.42 Å². The number of carbonyl (C=O) groups is 3. The van der Waals surface area contributed by atoms with E-state index in [9.17, 15) is 19.6 Å². The molecule has 0 radical (unpaired) electrons. The number of nitrogens with two attached hydrogens (primary N) is 1. The van der Waals surface area contributed by atoms with Crippen molar-refractivity contribution in [1.82, 2.24) is 20.9 Å². The van der Waals surface area contributed by atoms with E-state index in [1.54, 1.807) is 43.0 Å². The predicted octanol–water partition coefficient (Wildman–Crippen LogP) is 2.13. The van der Waals surface area contributed by atoms with Crippen molar-refractivity contribution in [2.45, 2.75) is 53.5 Å². The monoisotopic (exact) mass is 447 g/mol. The summed E-state index contributed by atoms with van der Waals surface area (Å²) in [6, 6.07) is 2.88. The highest BCUT2D eigenvalue weighted by atomic mass is 16.5. The summed E-state index contributed by atoms with van der Waals surface area (Å²) in [6.07, 6.45) is 7.54. The standard InChI is InChI=1S/C23H37N5O4/c1-15(2)12-20(21(29)26-28(14-16(3)4)23(31)17(5)24)19(22(30)27-32)10-6-8-18-9-7-11-25-13-18/h6-9,11,13,15-17,19-20,32H,10,12,14,24H2,1-5H3,(H,26,29)(H,27,30)/b8-6+/t17-,19+,20-/m1/s1. The first-order chi connectivity index (χ1) is 15.1. The molecule has 0 spiro atoms. The average molecular weight is 448 g/mol. The van der Waals surface area contributed by atoms with Crippen LogP contribution >= 0.6 is 0 Å². The van der Waals surface area contributed by atoms with Crippen molar-refractivity contribution in [2.24, 2.45) is 29.4 Å². The average Bonchev–Trinajstić information content (AvgIpc) is 2.74. The Bertz CT molecular complexity index is 765. The van der Waals surface area contributed by atoms with Crippen LogP contribution in [0.2, 0.25) is 0 Å². The zero-order valence-electron chi connectivity index (χ0n) is 19.6. The highest BCUT2D eigenvalue weighted by molar-refractivity contribution is 5.89. The quantitative estimate of drug-likeness (QED) is 0.303. The molecule has 0 fully saturated rings. The number of amides is 3. The molecule has 3 atom stereocenters. The van der Waals surface area contributed by atoms with Crippen LogP contribution in [0.5, 0.6) is 0 Å². The van der Waals surface area contributed by atoms with Gasteiger partial charge < -0.3 is 5.73 Å². The molecule has 0 unspecified atom stereocenters. The summed E-state index contributed by atoms with van der Waals surface area (Å²) in [5.41, 5.74) is 10.9. The van der Waals surface area contributed by atoms with Gasteiger partial charge in [-0.3, -0.25) is 35.0 Å². The Balaban J connectivity index is 3.13. The predicted molar refractivity (Wildman–Crippen MR) is 123 cm³/mol.